The van der Waals surface area contributed by atoms with Gasteiger partial charge in [-0.1, -0.05) is 18.2 Å². The van der Waals surface area contributed by atoms with Crippen molar-refractivity contribution in [2.75, 3.05) is 11.5 Å². The number of aromatic nitrogens is 1. The highest BCUT2D eigenvalue weighted by Crippen LogP contribution is 2.34. The van der Waals surface area contributed by atoms with Gasteiger partial charge in [-0.2, -0.15) is 0 Å². The molecule has 0 aliphatic carbocycles. The number of hydrogen-bond donors (Lipinski definition) is 3. The first-order chi connectivity index (χ1) is 12.2. The summed E-state index contributed by atoms with van der Waals surface area (Å²) in [6.45, 7) is 0.296. The number of fused-ring (bicyclic) bond motifs is 2. The summed E-state index contributed by atoms with van der Waals surface area (Å²) in [5.41, 5.74) is 4.30. The maximum absolute atomic E-state index is 12.4. The van der Waals surface area contributed by atoms with Crippen LogP contribution in [0.2, 0.25) is 0 Å². The number of carbonyl (C=O) groups is 2. The lowest BCUT2D eigenvalue weighted by Gasteiger charge is -2.29. The lowest BCUT2D eigenvalue weighted by atomic mass is 10.1. The molecule has 0 unspecified atom stereocenters. The van der Waals surface area contributed by atoms with Crippen LogP contribution in [0.1, 0.15) is 15.9 Å². The lowest BCUT2D eigenvalue weighted by molar-refractivity contribution is -0.121. The van der Waals surface area contributed by atoms with Crippen LogP contribution in [-0.4, -0.2) is 28.6 Å². The van der Waals surface area contributed by atoms with Gasteiger partial charge in [0.15, 0.2) is 6.61 Å². The van der Waals surface area contributed by atoms with E-state index in [1.807, 2.05) is 30.5 Å². The number of nitrogens with zero attached hydrogens (tertiary/aromatic N) is 1. The number of hydrogen-bond acceptors (Lipinski definition) is 4. The molecule has 126 valence electrons. The number of nitrogens with one attached hydrogen (secondary N) is 2. The van der Waals surface area contributed by atoms with Crippen molar-refractivity contribution in [2.24, 2.45) is 0 Å². The summed E-state index contributed by atoms with van der Waals surface area (Å²) in [5, 5.41) is 9.86. The Bertz CT molecular complexity index is 979. The van der Waals surface area contributed by atoms with E-state index in [-0.39, 0.29) is 18.1 Å². The second kappa shape index (κ2) is 5.95. The fourth-order valence-electron chi connectivity index (χ4n) is 3.01. The van der Waals surface area contributed by atoms with Crippen LogP contribution in [0.3, 0.4) is 0 Å². The molecule has 7 nitrogen and oxygen atoms in total. The number of rotatable bonds is 3. The molecule has 1 aliphatic heterocycles. The third-order valence-electron chi connectivity index (χ3n) is 4.27. The van der Waals surface area contributed by atoms with E-state index in [1.165, 1.54) is 12.1 Å². The second-order valence-electron chi connectivity index (χ2n) is 5.75. The van der Waals surface area contributed by atoms with Crippen molar-refractivity contribution in [3.63, 3.8) is 0 Å². The molecule has 2 amide bonds. The minimum absolute atomic E-state index is 0.0547. The first-order valence-electron chi connectivity index (χ1n) is 7.74. The van der Waals surface area contributed by atoms with Crippen LogP contribution in [0.25, 0.3) is 10.9 Å². The van der Waals surface area contributed by atoms with Crippen LogP contribution in [0, 0.1) is 0 Å². The van der Waals surface area contributed by atoms with Crippen LogP contribution < -0.4 is 15.1 Å². The molecule has 2 heterocycles. The van der Waals surface area contributed by atoms with Gasteiger partial charge in [-0.05, 0) is 29.8 Å². The lowest BCUT2D eigenvalue weighted by Crippen LogP contribution is -2.38. The van der Waals surface area contributed by atoms with Crippen LogP contribution in [-0.2, 0) is 11.3 Å². The van der Waals surface area contributed by atoms with Gasteiger partial charge < -0.3 is 14.6 Å². The Morgan fingerprint density at radius 1 is 1.28 bits per heavy atom. The van der Waals surface area contributed by atoms with Gasteiger partial charge in [0.25, 0.3) is 11.8 Å². The highest BCUT2D eigenvalue weighted by atomic mass is 16.5. The largest absolute Gasteiger partial charge is 0.482 e. The number of hydroxylamine groups is 1. The molecule has 0 radical (unpaired) electrons. The second-order valence-corrected chi connectivity index (χ2v) is 5.75. The topological polar surface area (TPSA) is 94.7 Å². The molecule has 7 heteroatoms. The van der Waals surface area contributed by atoms with Gasteiger partial charge in [0.1, 0.15) is 5.75 Å². The Balaban J connectivity index is 1.75. The number of ether oxygens (including phenoxy) is 1. The minimum Gasteiger partial charge on any atom is -0.482 e. The predicted molar refractivity (Wildman–Crippen MR) is 90.7 cm³/mol. The fraction of sp³-hybridized carbons (Fsp3) is 0.111. The normalized spacial score (nSPS) is 13.5. The number of amides is 2. The van der Waals surface area contributed by atoms with Crippen molar-refractivity contribution in [1.82, 2.24) is 10.5 Å². The zero-order valence-corrected chi connectivity index (χ0v) is 13.2. The number of benzene rings is 2. The van der Waals surface area contributed by atoms with Gasteiger partial charge in [0.05, 0.1) is 12.2 Å². The van der Waals surface area contributed by atoms with Crippen molar-refractivity contribution in [3.8, 4) is 5.75 Å². The summed E-state index contributed by atoms with van der Waals surface area (Å²) < 4.78 is 5.45. The maximum Gasteiger partial charge on any atom is 0.274 e. The molecule has 0 fully saturated rings. The highest BCUT2D eigenvalue weighted by molar-refractivity contribution is 6.01. The number of anilines is 1. The van der Waals surface area contributed by atoms with Gasteiger partial charge in [-0.3, -0.25) is 14.8 Å². The van der Waals surface area contributed by atoms with Crippen LogP contribution in [0.4, 0.5) is 5.69 Å². The summed E-state index contributed by atoms with van der Waals surface area (Å²) in [6, 6.07) is 12.5. The Labute approximate surface area is 142 Å². The molecular weight excluding hydrogens is 322 g/mol. The molecule has 2 aromatic carbocycles. The quantitative estimate of drug-likeness (QED) is 0.504. The summed E-state index contributed by atoms with van der Waals surface area (Å²) in [7, 11) is 0. The molecule has 0 atom stereocenters. The van der Waals surface area contributed by atoms with Gasteiger partial charge >= 0.3 is 0 Å². The van der Waals surface area contributed by atoms with E-state index in [1.54, 1.807) is 16.4 Å². The summed E-state index contributed by atoms with van der Waals surface area (Å²) in [6.07, 6.45) is 1.87. The van der Waals surface area contributed by atoms with Crippen molar-refractivity contribution < 1.29 is 19.5 Å². The molecule has 3 N–H and O–H groups in total. The third kappa shape index (κ3) is 2.60. The van der Waals surface area contributed by atoms with E-state index in [0.29, 0.717) is 18.0 Å². The van der Waals surface area contributed by atoms with Gasteiger partial charge in [-0.15, -0.1) is 0 Å². The summed E-state index contributed by atoms with van der Waals surface area (Å²) >= 11 is 0. The molecular formula is C18H15N3O4. The van der Waals surface area contributed by atoms with Gasteiger partial charge in [0.2, 0.25) is 0 Å². The average Bonchev–Trinajstić information content (AvgIpc) is 3.06. The van der Waals surface area contributed by atoms with Gasteiger partial charge in [-0.25, -0.2) is 5.48 Å². The highest BCUT2D eigenvalue weighted by Gasteiger charge is 2.27. The Hall–Kier alpha value is -3.32. The SMILES string of the molecule is O=C(NO)c1ccc2c(c1)N(Cc1c[nH]c3ccccc13)C(=O)CO2. The van der Waals surface area contributed by atoms with Crippen molar-refractivity contribution in [3.05, 3.63) is 59.8 Å². The van der Waals surface area contributed by atoms with Crippen molar-refractivity contribution in [2.45, 2.75) is 6.54 Å². The molecule has 0 spiro atoms. The number of carbonyl (C=O) groups excluding carboxylic acids is 2. The molecule has 1 aliphatic rings. The first kappa shape index (κ1) is 15.2. The minimum atomic E-state index is -0.645. The monoisotopic (exact) mass is 337 g/mol. The Morgan fingerprint density at radius 2 is 2.12 bits per heavy atom. The number of H-pyrrole nitrogens is 1. The number of para-hydroxylation sites is 1. The molecule has 0 bridgehead atoms. The maximum atomic E-state index is 12.4. The Morgan fingerprint density at radius 3 is 2.96 bits per heavy atom. The van der Waals surface area contributed by atoms with Crippen LogP contribution in [0.5, 0.6) is 5.75 Å². The van der Waals surface area contributed by atoms with Crippen molar-refractivity contribution in [1.29, 1.82) is 0 Å². The van der Waals surface area contributed by atoms with Crippen LogP contribution in [0.15, 0.2) is 48.7 Å². The van der Waals surface area contributed by atoms with E-state index in [0.717, 1.165) is 16.5 Å². The first-order valence-corrected chi connectivity index (χ1v) is 7.74. The zero-order chi connectivity index (χ0) is 17.4. The fourth-order valence-corrected chi connectivity index (χ4v) is 3.01. The molecule has 0 saturated heterocycles. The zero-order valence-electron chi connectivity index (χ0n) is 13.2. The van der Waals surface area contributed by atoms with E-state index in [2.05, 4.69) is 4.98 Å². The predicted octanol–water partition coefficient (Wildman–Crippen LogP) is 2.21. The van der Waals surface area contributed by atoms with E-state index in [4.69, 9.17) is 9.94 Å². The Kier molecular flexibility index (Phi) is 3.62. The van der Waals surface area contributed by atoms with E-state index < -0.39 is 5.91 Å². The summed E-state index contributed by atoms with van der Waals surface area (Å²) in [5.74, 6) is -0.318. The summed E-state index contributed by atoms with van der Waals surface area (Å²) in [4.78, 5) is 28.9. The smallest absolute Gasteiger partial charge is 0.274 e. The van der Waals surface area contributed by atoms with E-state index in [9.17, 15) is 9.59 Å². The van der Waals surface area contributed by atoms with Crippen molar-refractivity contribution >= 4 is 28.4 Å². The molecule has 25 heavy (non-hydrogen) atoms. The third-order valence-corrected chi connectivity index (χ3v) is 4.27. The number of aromatic amines is 1. The van der Waals surface area contributed by atoms with Gasteiger partial charge in [0, 0.05) is 22.7 Å². The molecule has 1 aromatic heterocycles. The molecule has 3 aromatic rings. The molecule has 0 saturated carbocycles. The van der Waals surface area contributed by atoms with E-state index >= 15 is 0 Å². The molecule has 4 rings (SSSR count). The van der Waals surface area contributed by atoms with Crippen LogP contribution >= 0.6 is 0 Å². The average molecular weight is 337 g/mol. The standard InChI is InChI=1S/C18H15N3O4/c22-17-10-25-16-6-5-11(18(23)20-24)7-15(16)21(17)9-12-8-19-14-4-2-1-3-13(12)14/h1-8,19,24H,9-10H2,(H,20,23).